The second-order valence-electron chi connectivity index (χ2n) is 12.8. The molecule has 0 aromatic heterocycles. The number of nitrogens with one attached hydrogen (secondary N) is 4. The zero-order chi connectivity index (χ0) is 39.7. The zero-order valence-corrected chi connectivity index (χ0v) is 30.2. The van der Waals surface area contributed by atoms with Gasteiger partial charge < -0.3 is 40.2 Å². The van der Waals surface area contributed by atoms with Crippen molar-refractivity contribution in [1.29, 1.82) is 0 Å². The molecule has 0 radical (unpaired) electrons. The minimum absolute atomic E-state index is 0.0482. The van der Waals surface area contributed by atoms with E-state index >= 15 is 0 Å². The first-order valence-corrected chi connectivity index (χ1v) is 17.2. The Morgan fingerprint density at radius 3 is 1.70 bits per heavy atom. The number of ether oxygens (including phenoxy) is 4. The van der Waals surface area contributed by atoms with E-state index in [-0.39, 0.29) is 19.6 Å². The third kappa shape index (κ3) is 15.9. The summed E-state index contributed by atoms with van der Waals surface area (Å²) in [4.78, 5) is 66.8. The maximum atomic E-state index is 13.5. The molecule has 2 aromatic carbocycles. The van der Waals surface area contributed by atoms with E-state index in [2.05, 4.69) is 49.8 Å². The number of carbonyl (C=O) groups is 5. The molecule has 4 rings (SSSR count). The van der Waals surface area contributed by atoms with E-state index in [4.69, 9.17) is 9.47 Å². The molecule has 14 nitrogen and oxygen atoms in total. The number of halogens is 4. The minimum Gasteiger partial charge on any atom is -0.379 e. The van der Waals surface area contributed by atoms with Gasteiger partial charge in [-0.2, -0.15) is 17.6 Å². The van der Waals surface area contributed by atoms with Crippen molar-refractivity contribution in [3.63, 3.8) is 0 Å². The smallest absolute Gasteiger partial charge is 0.345 e. The van der Waals surface area contributed by atoms with E-state index in [0.717, 1.165) is 0 Å². The fourth-order valence-electron chi connectivity index (χ4n) is 5.13. The van der Waals surface area contributed by atoms with Crippen LogP contribution in [0.4, 0.5) is 17.6 Å². The highest BCUT2D eigenvalue weighted by Gasteiger charge is 2.49. The summed E-state index contributed by atoms with van der Waals surface area (Å²) in [5, 5.41) is 9.21. The first-order chi connectivity index (χ1) is 25.7. The van der Waals surface area contributed by atoms with Crippen LogP contribution in [-0.4, -0.2) is 130 Å². The van der Waals surface area contributed by atoms with Crippen LogP contribution in [0.2, 0.25) is 0 Å². The quantitative estimate of drug-likeness (QED) is 0.121. The number of ketones is 1. The molecule has 5 atom stereocenters. The Hall–Kier alpha value is -4.49. The number of aryl methyl sites for hydroxylation is 1. The van der Waals surface area contributed by atoms with Gasteiger partial charge in [0.15, 0.2) is 5.78 Å². The van der Waals surface area contributed by atoms with Crippen molar-refractivity contribution in [3.05, 3.63) is 71.8 Å². The SMILES string of the molecule is CC(NC(=O)[C@H](COC(F)F)NC(=O)C(COC(F)F)NC(=O)[C@H](Cc1ccccc1)NC(=O)CN1CCOCC1)C(=O)C1(C)CO1.Cc1ccccc1. The summed E-state index contributed by atoms with van der Waals surface area (Å²) in [6, 6.07) is 12.6. The first-order valence-electron chi connectivity index (χ1n) is 17.2. The Balaban J connectivity index is 0.00000100. The number of amides is 4. The molecule has 0 saturated carbocycles. The lowest BCUT2D eigenvalue weighted by molar-refractivity contribution is -0.153. The van der Waals surface area contributed by atoms with Crippen LogP contribution in [0.5, 0.6) is 0 Å². The van der Waals surface area contributed by atoms with Crippen LogP contribution in [0.25, 0.3) is 0 Å². The van der Waals surface area contributed by atoms with Gasteiger partial charge in [0.1, 0.15) is 23.7 Å². The van der Waals surface area contributed by atoms with Gasteiger partial charge in [0.2, 0.25) is 23.6 Å². The molecular formula is C36H47F4N5O9. The summed E-state index contributed by atoms with van der Waals surface area (Å²) in [5.74, 6) is -4.37. The number of hydrogen-bond donors (Lipinski definition) is 4. The Kier molecular flexibility index (Phi) is 17.9. The van der Waals surface area contributed by atoms with Crippen LogP contribution in [0.1, 0.15) is 25.0 Å². The summed E-state index contributed by atoms with van der Waals surface area (Å²) >= 11 is 0. The Morgan fingerprint density at radius 2 is 1.24 bits per heavy atom. The van der Waals surface area contributed by atoms with Gasteiger partial charge in [0, 0.05) is 19.5 Å². The Labute approximate surface area is 310 Å². The van der Waals surface area contributed by atoms with E-state index in [0.29, 0.717) is 31.9 Å². The second-order valence-corrected chi connectivity index (χ2v) is 12.8. The van der Waals surface area contributed by atoms with Crippen LogP contribution in [0.3, 0.4) is 0 Å². The Bertz CT molecular complexity index is 1500. The van der Waals surface area contributed by atoms with Crippen molar-refractivity contribution in [1.82, 2.24) is 26.2 Å². The minimum atomic E-state index is -3.37. The number of carbonyl (C=O) groups excluding carboxylic acids is 5. The van der Waals surface area contributed by atoms with Crippen molar-refractivity contribution in [2.75, 3.05) is 52.7 Å². The molecule has 298 valence electrons. The highest BCUT2D eigenvalue weighted by Crippen LogP contribution is 2.28. The van der Waals surface area contributed by atoms with E-state index < -0.39 is 85.6 Å². The molecule has 2 fully saturated rings. The number of Topliss-reactive ketones (excluding diaryl/α,β-unsaturated/α-hetero) is 1. The number of hydrogen-bond acceptors (Lipinski definition) is 10. The third-order valence-electron chi connectivity index (χ3n) is 8.24. The van der Waals surface area contributed by atoms with Crippen molar-refractivity contribution in [3.8, 4) is 0 Å². The summed E-state index contributed by atoms with van der Waals surface area (Å²) < 4.78 is 70.5. The molecule has 4 amide bonds. The van der Waals surface area contributed by atoms with Gasteiger partial charge in [-0.3, -0.25) is 28.9 Å². The average Bonchev–Trinajstić information content (AvgIpc) is 3.90. The highest BCUT2D eigenvalue weighted by molar-refractivity contribution is 5.98. The van der Waals surface area contributed by atoms with Gasteiger partial charge >= 0.3 is 13.2 Å². The van der Waals surface area contributed by atoms with Crippen molar-refractivity contribution < 1.29 is 60.5 Å². The standard InChI is InChI=1S/C29H39F4N5O9.C7H8/c1-17(23(40)29(2)16-47-29)34-25(42)20(14-45-27(30)31)37-26(43)21(15-46-28(32)33)36-24(41)19(12-18-6-4-3-5-7-18)35-22(39)13-38-8-10-44-11-9-38;1-7-5-3-2-4-6-7/h3-7,17,19-21,27-28H,8-16H2,1-2H3,(H,34,42)(H,35,39)(H,36,41)(H,37,43);2-6H,1H3/t17?,19-,20-,21?,29?;/m0./s1. The summed E-state index contributed by atoms with van der Waals surface area (Å²) in [7, 11) is 0. The first kappa shape index (κ1) is 43.9. The van der Waals surface area contributed by atoms with Gasteiger partial charge in [-0.15, -0.1) is 0 Å². The summed E-state index contributed by atoms with van der Waals surface area (Å²) in [5.41, 5.74) is 0.822. The zero-order valence-electron chi connectivity index (χ0n) is 30.2. The number of alkyl halides is 4. The summed E-state index contributed by atoms with van der Waals surface area (Å²) in [6.45, 7) is -2.12. The van der Waals surface area contributed by atoms with Gasteiger partial charge in [-0.25, -0.2) is 0 Å². The molecule has 18 heteroatoms. The summed E-state index contributed by atoms with van der Waals surface area (Å²) in [6.07, 6.45) is -0.0482. The molecule has 0 aliphatic carbocycles. The maximum absolute atomic E-state index is 13.5. The van der Waals surface area contributed by atoms with Crippen LogP contribution < -0.4 is 21.3 Å². The third-order valence-corrected chi connectivity index (χ3v) is 8.24. The molecule has 0 bridgehead atoms. The lowest BCUT2D eigenvalue weighted by atomic mass is 10.0. The van der Waals surface area contributed by atoms with E-state index in [9.17, 15) is 41.5 Å². The van der Waals surface area contributed by atoms with Gasteiger partial charge in [-0.05, 0) is 26.3 Å². The van der Waals surface area contributed by atoms with Gasteiger partial charge in [0.25, 0.3) is 0 Å². The largest absolute Gasteiger partial charge is 0.379 e. The monoisotopic (exact) mass is 769 g/mol. The molecular weight excluding hydrogens is 722 g/mol. The molecule has 3 unspecified atom stereocenters. The number of rotatable bonds is 19. The molecule has 2 heterocycles. The molecule has 0 spiro atoms. The fourth-order valence-corrected chi connectivity index (χ4v) is 5.13. The molecule has 4 N–H and O–H groups in total. The van der Waals surface area contributed by atoms with E-state index in [1.165, 1.54) is 19.4 Å². The fraction of sp³-hybridized carbons (Fsp3) is 0.528. The van der Waals surface area contributed by atoms with Gasteiger partial charge in [0.05, 0.1) is 45.6 Å². The predicted octanol–water partition coefficient (Wildman–Crippen LogP) is 1.35. The molecule has 2 saturated heterocycles. The maximum Gasteiger partial charge on any atom is 0.345 e. The van der Waals surface area contributed by atoms with Crippen molar-refractivity contribution in [2.24, 2.45) is 0 Å². The normalized spacial score (nSPS) is 19.0. The Morgan fingerprint density at radius 1 is 0.759 bits per heavy atom. The van der Waals surface area contributed by atoms with Crippen molar-refractivity contribution >= 4 is 29.4 Å². The van der Waals surface area contributed by atoms with Crippen molar-refractivity contribution in [2.45, 2.75) is 70.2 Å². The molecule has 2 aliphatic heterocycles. The highest BCUT2D eigenvalue weighted by atomic mass is 19.3. The number of morpholine rings is 1. The van der Waals surface area contributed by atoms with Gasteiger partial charge in [-0.1, -0.05) is 66.2 Å². The van der Waals surface area contributed by atoms with Crippen LogP contribution >= 0.6 is 0 Å². The number of benzene rings is 2. The molecule has 54 heavy (non-hydrogen) atoms. The lowest BCUT2D eigenvalue weighted by Gasteiger charge is -2.28. The second kappa shape index (κ2) is 22.0. The lowest BCUT2D eigenvalue weighted by Crippen LogP contribution is -2.60. The number of epoxide rings is 1. The van der Waals surface area contributed by atoms with Crippen LogP contribution in [0, 0.1) is 6.92 Å². The predicted molar refractivity (Wildman–Crippen MR) is 185 cm³/mol. The topological polar surface area (TPSA) is 177 Å². The van der Waals surface area contributed by atoms with Crippen LogP contribution in [-0.2, 0) is 49.3 Å². The number of nitrogens with zero attached hydrogens (tertiary/aromatic N) is 1. The average molecular weight is 770 g/mol. The van der Waals surface area contributed by atoms with E-state index in [1.807, 2.05) is 23.1 Å². The molecule has 2 aliphatic rings. The van der Waals surface area contributed by atoms with Crippen LogP contribution in [0.15, 0.2) is 60.7 Å². The van der Waals surface area contributed by atoms with E-state index in [1.54, 1.807) is 30.3 Å². The molecule has 2 aromatic rings.